The summed E-state index contributed by atoms with van der Waals surface area (Å²) < 4.78 is 61.5. The molecule has 5 heterocycles. The van der Waals surface area contributed by atoms with Gasteiger partial charge in [0.1, 0.15) is 83.7 Å². The van der Waals surface area contributed by atoms with E-state index in [1.54, 1.807) is 13.8 Å². The monoisotopic (exact) mass is 1680 g/mol. The zero-order chi connectivity index (χ0) is 83.8. The van der Waals surface area contributed by atoms with Gasteiger partial charge in [0.2, 0.25) is 65.1 Å². The molecule has 16 rings (SSSR count). The number of hydrogen-bond donors (Lipinski definition) is 18. The number of likely N-dealkylation sites (N-methyl/N-ethyl adjacent to an activating group) is 1. The summed E-state index contributed by atoms with van der Waals surface area (Å²) >= 11 is 14.2. The predicted octanol–water partition coefficient (Wildman–Crippen LogP) is 3.39. The number of sulfonamides is 1. The Labute approximate surface area is 680 Å². The molecule has 6 aromatic carbocycles. The molecule has 1 saturated heterocycles. The molecule has 17 atom stereocenters. The first kappa shape index (κ1) is 83.7. The summed E-state index contributed by atoms with van der Waals surface area (Å²) in [6.07, 6.45) is -9.51. The lowest BCUT2D eigenvalue weighted by atomic mass is 9.17. The van der Waals surface area contributed by atoms with Crippen LogP contribution in [0.1, 0.15) is 154 Å². The molecule has 117 heavy (non-hydrogen) atoms. The van der Waals surface area contributed by atoms with Gasteiger partial charge < -0.3 is 113 Å². The highest BCUT2D eigenvalue weighted by molar-refractivity contribution is 7.90. The summed E-state index contributed by atoms with van der Waals surface area (Å²) in [4.78, 5) is 120. The second-order valence-corrected chi connectivity index (χ2v) is 34.1. The minimum Gasteiger partial charge on any atom is -0.508 e. The van der Waals surface area contributed by atoms with E-state index in [4.69, 9.17) is 52.6 Å². The van der Waals surface area contributed by atoms with Gasteiger partial charge in [-0.1, -0.05) is 87.5 Å². The van der Waals surface area contributed by atoms with E-state index in [2.05, 4.69) is 37.2 Å². The number of nitrogens with one attached hydrogen (secondary N) is 8. The highest BCUT2D eigenvalue weighted by Gasteiger charge is 2.84. The van der Waals surface area contributed by atoms with Gasteiger partial charge in [0.15, 0.2) is 11.5 Å². The lowest BCUT2D eigenvalue weighted by Gasteiger charge is -2.88. The molecular weight excluding hydrogens is 1590 g/mol. The smallest absolute Gasteiger partial charge is 0.264 e. The van der Waals surface area contributed by atoms with E-state index in [-0.39, 0.29) is 91.1 Å². The van der Waals surface area contributed by atoms with Crippen LogP contribution in [0.2, 0.25) is 10.0 Å². The molecule has 17 unspecified atom stereocenters. The van der Waals surface area contributed by atoms with Crippen LogP contribution < -0.4 is 66.6 Å². The van der Waals surface area contributed by atoms with Gasteiger partial charge in [-0.25, -0.2) is 13.1 Å². The van der Waals surface area contributed by atoms with Crippen molar-refractivity contribution in [1.82, 2.24) is 41.9 Å². The maximum absolute atomic E-state index is 16.2. The van der Waals surface area contributed by atoms with Crippen molar-refractivity contribution < 1.29 is 116 Å². The van der Waals surface area contributed by atoms with Crippen LogP contribution >= 0.6 is 23.2 Å². The molecule has 5 aliphatic heterocycles. The number of phenols is 1. The van der Waals surface area contributed by atoms with Gasteiger partial charge in [-0.05, 0) is 192 Å². The summed E-state index contributed by atoms with van der Waals surface area (Å²) in [7, 11) is -3.42. The van der Waals surface area contributed by atoms with E-state index >= 15 is 19.2 Å². The SMILES string of the molecule is CCCCCCOc1ccc(S(=O)(=O)NC(=O)CC2NC(=O)C(NC(=O)C(CC(C)C)NC)C(O)c3ccc(c(Cl)c3)Oc3cc4cc(c3OC3OC(CO)C(O)C(O)C3O)Oc3ccc(cc3Cl)C(O)CC(=O)NC(C(=O)NC3C5CC6CC7CC3C675)c3cc(O)cc5c3-c3cc(ccc3C5(O)O)C(C(N)=O)NC(=O)C4NC2=O)cc1. The number of benzene rings is 6. The lowest BCUT2D eigenvalue weighted by molar-refractivity contribution is -0.390. The first-order valence-electron chi connectivity index (χ1n) is 38.6. The van der Waals surface area contributed by atoms with Crippen molar-refractivity contribution in [2.75, 3.05) is 20.3 Å². The number of hydrogen-bond acceptors (Lipinski definition) is 25. The Bertz CT molecular complexity index is 5040. The van der Waals surface area contributed by atoms with Gasteiger partial charge in [0.25, 0.3) is 10.0 Å². The second kappa shape index (κ2) is 33.2. The van der Waals surface area contributed by atoms with E-state index in [0.717, 1.165) is 99.2 Å². The highest BCUT2D eigenvalue weighted by Crippen LogP contribution is 2.87. The Kier molecular flexibility index (Phi) is 23.7. The largest absolute Gasteiger partial charge is 0.508 e. The number of carbonyl (C=O) groups is 8. The zero-order valence-corrected chi connectivity index (χ0v) is 66.0. The summed E-state index contributed by atoms with van der Waals surface area (Å²) in [5.74, 6) is -14.7. The Morgan fingerprint density at radius 2 is 1.36 bits per heavy atom. The van der Waals surface area contributed by atoms with Crippen LogP contribution in [0.25, 0.3) is 11.1 Å². The third kappa shape index (κ3) is 15.9. The number of carbonyl (C=O) groups excluding carboxylic acids is 8. The van der Waals surface area contributed by atoms with Gasteiger partial charge in [0.05, 0.1) is 53.1 Å². The Morgan fingerprint density at radius 3 is 1.98 bits per heavy atom. The molecule has 624 valence electrons. The van der Waals surface area contributed by atoms with Gasteiger partial charge in [-0.2, -0.15) is 0 Å². The van der Waals surface area contributed by atoms with E-state index in [1.807, 2.05) is 11.6 Å². The Balaban J connectivity index is 0.929. The highest BCUT2D eigenvalue weighted by atomic mass is 35.5. The maximum atomic E-state index is 16.2. The summed E-state index contributed by atoms with van der Waals surface area (Å²) in [6.45, 7) is 4.99. The van der Waals surface area contributed by atoms with Crippen LogP contribution in [-0.2, 0) is 58.9 Å². The fraction of sp³-hybridized carbons (Fsp3) is 0.457. The Hall–Kier alpha value is -9.79. The quantitative estimate of drug-likeness (QED) is 0.0363. The third-order valence-corrected chi connectivity index (χ3v) is 25.9. The number of aliphatic hydroxyl groups excluding tert-OH is 6. The van der Waals surface area contributed by atoms with Crippen molar-refractivity contribution in [1.29, 1.82) is 0 Å². The number of halogens is 2. The number of amides is 8. The van der Waals surface area contributed by atoms with Gasteiger partial charge in [0, 0.05) is 17.2 Å². The fourth-order valence-electron chi connectivity index (χ4n) is 18.0. The van der Waals surface area contributed by atoms with Crippen molar-refractivity contribution >= 4 is 80.5 Å². The van der Waals surface area contributed by atoms with Crippen LogP contribution in [0, 0.1) is 35.0 Å². The summed E-state index contributed by atoms with van der Waals surface area (Å²) in [5.41, 5.74) is 4.10. The molecule has 4 saturated carbocycles. The molecule has 1 spiro atoms. The molecular formula is C81H91Cl2N9O24S. The summed E-state index contributed by atoms with van der Waals surface area (Å²) in [6, 6.07) is 7.47. The lowest BCUT2D eigenvalue weighted by Crippen LogP contribution is -2.88. The average molecular weight is 1680 g/mol. The number of phenolic OH excluding ortho intramolecular Hbond substituents is 1. The van der Waals surface area contributed by atoms with Crippen LogP contribution in [0.4, 0.5) is 0 Å². The van der Waals surface area contributed by atoms with Crippen molar-refractivity contribution in [3.05, 3.63) is 152 Å². The normalized spacial score (nSPS) is 28.9. The topological polar surface area (TPSA) is 521 Å². The molecule has 19 N–H and O–H groups in total. The predicted molar refractivity (Wildman–Crippen MR) is 413 cm³/mol. The standard InChI is InChI=1S/C81H91Cl2N9O24S/c1-5-6-7-8-19-112-42-12-14-43(15-13-42)117(110,111)92-61(97)31-53-75(104)89-64-38-24-57(72(116-79-71(101)70(100)69(99)59(33-93)115-79)58(25-38)114-56-18-11-37(23-51(56)83)68(98)67(78(107)86-53)91-74(103)52(85-4)20-34(2)3)113-55-17-10-35(22-50(55)82)54(95)32-60(96)87-65(77(106)90-66-48-27-39-26-40-28-49(66)80(39,40)48)45-29-41(94)30-47-62(45)44-21-36(9-16-46(44)81(47,108)109)63(73(84)102)88-76(64)105/h9-18,21-25,29-30,34,39-40,48-49,52-54,59,63-71,79,85,93-95,98-101,108-109H,5-8,19-20,26-28,31-33H2,1-4H3,(H2,84,102)(H,86,107)(H,87,96)(H,88,105)(H,89,104)(H,90,106)(H,91,103)(H,92,97). The molecule has 9 bridgehead atoms. The van der Waals surface area contributed by atoms with E-state index in [1.165, 1.54) is 49.5 Å². The molecule has 0 radical (unpaired) electrons. The second-order valence-electron chi connectivity index (χ2n) is 31.6. The van der Waals surface area contributed by atoms with Gasteiger partial charge >= 0.3 is 0 Å². The number of fused-ring (bicyclic) bond motifs is 16. The number of aromatic hydroxyl groups is 1. The molecule has 0 aromatic heterocycles. The molecule has 10 aliphatic rings. The fourth-order valence-corrected chi connectivity index (χ4v) is 19.5. The number of aliphatic hydroxyl groups is 8. The van der Waals surface area contributed by atoms with E-state index < -0.39 is 206 Å². The number of unbranched alkanes of at least 4 members (excludes halogenated alkanes) is 3. The minimum atomic E-state index is -4.88. The van der Waals surface area contributed by atoms with Crippen molar-refractivity contribution in [2.45, 2.75) is 181 Å². The van der Waals surface area contributed by atoms with Crippen LogP contribution in [-0.4, -0.2) is 177 Å². The minimum absolute atomic E-state index is 0.0482. The number of primary amides is 1. The van der Waals surface area contributed by atoms with Crippen molar-refractivity contribution in [2.24, 2.45) is 40.7 Å². The first-order valence-corrected chi connectivity index (χ1v) is 40.9. The molecule has 33 nitrogen and oxygen atoms in total. The summed E-state index contributed by atoms with van der Waals surface area (Å²) in [5, 5.41) is 123. The first-order chi connectivity index (χ1) is 55.6. The average Bonchev–Trinajstić information content (AvgIpc) is 0.871. The number of nitrogens with two attached hydrogens (primary N) is 1. The maximum Gasteiger partial charge on any atom is 0.264 e. The van der Waals surface area contributed by atoms with Crippen molar-refractivity contribution in [3.63, 3.8) is 0 Å². The number of ether oxygens (including phenoxy) is 5. The van der Waals surface area contributed by atoms with Crippen LogP contribution in [0.5, 0.6) is 40.2 Å². The van der Waals surface area contributed by atoms with Crippen LogP contribution in [0.3, 0.4) is 0 Å². The third-order valence-electron chi connectivity index (χ3n) is 23.9. The molecule has 36 heteroatoms. The zero-order valence-electron chi connectivity index (χ0n) is 63.7. The van der Waals surface area contributed by atoms with Gasteiger partial charge in [-0.15, -0.1) is 0 Å². The molecule has 5 fully saturated rings. The number of rotatable bonds is 21. The molecule has 6 aromatic rings. The molecule has 8 amide bonds. The van der Waals surface area contributed by atoms with E-state index in [0.29, 0.717) is 30.6 Å². The van der Waals surface area contributed by atoms with Gasteiger partial charge in [-0.3, -0.25) is 38.4 Å². The van der Waals surface area contributed by atoms with E-state index in [9.17, 15) is 73.6 Å². The Morgan fingerprint density at radius 1 is 0.701 bits per heavy atom. The van der Waals surface area contributed by atoms with Crippen molar-refractivity contribution in [3.8, 4) is 51.4 Å². The van der Waals surface area contributed by atoms with Crippen LogP contribution in [0.15, 0.2) is 108 Å². The molecule has 5 aliphatic carbocycles.